The van der Waals surface area contributed by atoms with Gasteiger partial charge in [0.15, 0.2) is 10.9 Å². The molecule has 0 radical (unpaired) electrons. The maximum Gasteiger partial charge on any atom is 0.266 e. The quantitative estimate of drug-likeness (QED) is 0.114. The highest BCUT2D eigenvalue weighted by atomic mass is 127. The van der Waals surface area contributed by atoms with Gasteiger partial charge in [0.1, 0.15) is 0 Å². The van der Waals surface area contributed by atoms with E-state index in [0.717, 1.165) is 8.04 Å². The zero-order valence-electron chi connectivity index (χ0n) is 15.3. The molecule has 1 aromatic heterocycles. The predicted molar refractivity (Wildman–Crippen MR) is 134 cm³/mol. The van der Waals surface area contributed by atoms with Crippen LogP contribution in [-0.4, -0.2) is 21.1 Å². The zero-order valence-corrected chi connectivity index (χ0v) is 20.6. The van der Waals surface area contributed by atoms with Crippen molar-refractivity contribution in [3.05, 3.63) is 95.7 Å². The molecular formula is C22H13BrClIN2O2S. The summed E-state index contributed by atoms with van der Waals surface area (Å²) >= 11 is 12.8. The summed E-state index contributed by atoms with van der Waals surface area (Å²) in [7, 11) is 0. The Labute approximate surface area is 203 Å². The minimum absolute atomic E-state index is 0.0351. The Balaban J connectivity index is 1.77. The molecule has 0 bridgehead atoms. The highest BCUT2D eigenvalue weighted by Crippen LogP contribution is 2.24. The van der Waals surface area contributed by atoms with Gasteiger partial charge in [-0.3, -0.25) is 14.2 Å². The summed E-state index contributed by atoms with van der Waals surface area (Å²) in [5.41, 5.74) is 1.68. The molecule has 0 N–H and O–H groups in total. The van der Waals surface area contributed by atoms with Crippen LogP contribution in [0, 0.1) is 3.57 Å². The normalized spacial score (nSPS) is 11.0. The van der Waals surface area contributed by atoms with Crippen LogP contribution in [0.15, 0.2) is 81.2 Å². The molecule has 0 aliphatic heterocycles. The van der Waals surface area contributed by atoms with Crippen LogP contribution in [0.2, 0.25) is 5.02 Å². The fourth-order valence-electron chi connectivity index (χ4n) is 2.90. The minimum Gasteiger partial charge on any atom is -0.293 e. The average Bonchev–Trinajstić information content (AvgIpc) is 2.74. The van der Waals surface area contributed by atoms with Crippen LogP contribution in [0.25, 0.3) is 16.6 Å². The van der Waals surface area contributed by atoms with Crippen molar-refractivity contribution < 1.29 is 4.79 Å². The van der Waals surface area contributed by atoms with Gasteiger partial charge in [0.2, 0.25) is 0 Å². The Morgan fingerprint density at radius 3 is 2.47 bits per heavy atom. The summed E-state index contributed by atoms with van der Waals surface area (Å²) in [5, 5.41) is 1.57. The summed E-state index contributed by atoms with van der Waals surface area (Å²) in [6.45, 7) is 0. The second kappa shape index (κ2) is 9.21. The van der Waals surface area contributed by atoms with E-state index in [-0.39, 0.29) is 17.1 Å². The summed E-state index contributed by atoms with van der Waals surface area (Å²) < 4.78 is 3.40. The summed E-state index contributed by atoms with van der Waals surface area (Å²) in [6.07, 6.45) is 0. The average molecular weight is 612 g/mol. The van der Waals surface area contributed by atoms with E-state index < -0.39 is 0 Å². The third kappa shape index (κ3) is 4.64. The summed E-state index contributed by atoms with van der Waals surface area (Å²) in [5.74, 6) is 0.129. The number of hydrogen-bond donors (Lipinski definition) is 0. The molecule has 0 fully saturated rings. The van der Waals surface area contributed by atoms with Crippen LogP contribution < -0.4 is 5.56 Å². The van der Waals surface area contributed by atoms with Crippen molar-refractivity contribution in [3.63, 3.8) is 0 Å². The number of Topliss-reactive ketones (excluding diaryl/α,β-unsaturated/α-hetero) is 1. The fraction of sp³-hybridized carbons (Fsp3) is 0.0455. The fourth-order valence-corrected chi connectivity index (χ4v) is 4.69. The largest absolute Gasteiger partial charge is 0.293 e. The number of thioether (sulfide) groups is 1. The maximum atomic E-state index is 13.3. The summed E-state index contributed by atoms with van der Waals surface area (Å²) in [6, 6.07) is 19.7. The minimum atomic E-state index is -0.181. The lowest BCUT2D eigenvalue weighted by atomic mass is 10.2. The molecule has 150 valence electrons. The van der Waals surface area contributed by atoms with Crippen LogP contribution in [0.4, 0.5) is 0 Å². The lowest BCUT2D eigenvalue weighted by molar-refractivity contribution is 0.102. The van der Waals surface area contributed by atoms with E-state index >= 15 is 0 Å². The predicted octanol–water partition coefficient (Wildman–Crippen LogP) is 6.38. The molecule has 3 aromatic carbocycles. The number of ketones is 1. The monoisotopic (exact) mass is 610 g/mol. The number of halogens is 3. The third-order valence-electron chi connectivity index (χ3n) is 4.38. The first-order valence-electron chi connectivity index (χ1n) is 8.82. The topological polar surface area (TPSA) is 52.0 Å². The van der Waals surface area contributed by atoms with Gasteiger partial charge in [-0.15, -0.1) is 0 Å². The number of carbonyl (C=O) groups is 1. The van der Waals surface area contributed by atoms with Crippen molar-refractivity contribution in [2.75, 3.05) is 5.75 Å². The number of benzene rings is 3. The van der Waals surface area contributed by atoms with E-state index in [4.69, 9.17) is 11.6 Å². The van der Waals surface area contributed by atoms with Gasteiger partial charge in [0.05, 0.1) is 22.3 Å². The van der Waals surface area contributed by atoms with Crippen molar-refractivity contribution in [3.8, 4) is 5.69 Å². The lowest BCUT2D eigenvalue weighted by Crippen LogP contribution is -2.22. The number of hydrogen-bond acceptors (Lipinski definition) is 4. The number of aromatic nitrogens is 2. The smallest absolute Gasteiger partial charge is 0.266 e. The van der Waals surface area contributed by atoms with Gasteiger partial charge in [0, 0.05) is 18.6 Å². The highest BCUT2D eigenvalue weighted by molar-refractivity contribution is 14.1. The molecule has 8 heteroatoms. The van der Waals surface area contributed by atoms with Gasteiger partial charge in [-0.2, -0.15) is 0 Å². The zero-order chi connectivity index (χ0) is 21.3. The molecule has 0 spiro atoms. The van der Waals surface area contributed by atoms with Crippen molar-refractivity contribution in [2.24, 2.45) is 0 Å². The van der Waals surface area contributed by atoms with Gasteiger partial charge in [-0.25, -0.2) is 4.98 Å². The maximum absolute atomic E-state index is 13.3. The highest BCUT2D eigenvalue weighted by Gasteiger charge is 2.16. The Kier molecular flexibility index (Phi) is 6.62. The number of fused-ring (bicyclic) bond motifs is 1. The molecule has 4 rings (SSSR count). The van der Waals surface area contributed by atoms with E-state index in [1.54, 1.807) is 36.4 Å². The van der Waals surface area contributed by atoms with Crippen molar-refractivity contribution in [2.45, 2.75) is 5.16 Å². The SMILES string of the molecule is O=C(CSc1nc2ccc(I)cc2c(=O)n1-c1ccc(Cl)cc1)c1ccc(Br)cc1. The van der Waals surface area contributed by atoms with Crippen LogP contribution in [0.5, 0.6) is 0 Å². The standard InChI is InChI=1S/C22H13BrClIN2O2S/c23-14-3-1-13(2-4-14)20(28)12-30-22-26-19-10-7-16(25)11-18(19)21(29)27(22)17-8-5-15(24)6-9-17/h1-11H,12H2. The summed E-state index contributed by atoms with van der Waals surface area (Å²) in [4.78, 5) is 30.7. The van der Waals surface area contributed by atoms with Gasteiger partial charge in [-0.05, 0) is 77.2 Å². The molecular weight excluding hydrogens is 599 g/mol. The molecule has 0 atom stereocenters. The van der Waals surface area contributed by atoms with Crippen LogP contribution in [0.3, 0.4) is 0 Å². The molecule has 0 saturated heterocycles. The second-order valence-electron chi connectivity index (χ2n) is 6.39. The third-order valence-corrected chi connectivity index (χ3v) is 6.77. The van der Waals surface area contributed by atoms with E-state index in [1.165, 1.54) is 16.3 Å². The second-order valence-corrected chi connectivity index (χ2v) is 9.93. The van der Waals surface area contributed by atoms with E-state index in [2.05, 4.69) is 43.5 Å². The molecule has 4 nitrogen and oxygen atoms in total. The van der Waals surface area contributed by atoms with Crippen molar-refractivity contribution in [1.82, 2.24) is 9.55 Å². The number of carbonyl (C=O) groups excluding carboxylic acids is 1. The van der Waals surface area contributed by atoms with Crippen molar-refractivity contribution in [1.29, 1.82) is 0 Å². The Morgan fingerprint density at radius 2 is 1.77 bits per heavy atom. The molecule has 4 aromatic rings. The van der Waals surface area contributed by atoms with E-state index in [1.807, 2.05) is 30.3 Å². The molecule has 0 unspecified atom stereocenters. The first-order valence-corrected chi connectivity index (χ1v) is 12.1. The lowest BCUT2D eigenvalue weighted by Gasteiger charge is -2.13. The Morgan fingerprint density at radius 1 is 1.07 bits per heavy atom. The first kappa shape index (κ1) is 21.5. The Bertz CT molecular complexity index is 1310. The Hall–Kier alpha value is -1.68. The molecule has 1 heterocycles. The number of rotatable bonds is 5. The first-order chi connectivity index (χ1) is 14.4. The molecule has 0 saturated carbocycles. The van der Waals surface area contributed by atoms with Crippen molar-refractivity contribution >= 4 is 78.6 Å². The molecule has 0 amide bonds. The van der Waals surface area contributed by atoms with Gasteiger partial charge >= 0.3 is 0 Å². The van der Waals surface area contributed by atoms with E-state index in [0.29, 0.717) is 32.3 Å². The molecule has 0 aliphatic carbocycles. The molecule has 0 aliphatic rings. The van der Waals surface area contributed by atoms with Crippen LogP contribution in [-0.2, 0) is 0 Å². The van der Waals surface area contributed by atoms with Crippen LogP contribution in [0.1, 0.15) is 10.4 Å². The van der Waals surface area contributed by atoms with Gasteiger partial charge in [-0.1, -0.05) is 51.4 Å². The van der Waals surface area contributed by atoms with Crippen LogP contribution >= 0.6 is 61.9 Å². The number of nitrogens with zero attached hydrogens (tertiary/aromatic N) is 2. The van der Waals surface area contributed by atoms with Gasteiger partial charge < -0.3 is 0 Å². The molecule has 30 heavy (non-hydrogen) atoms. The van der Waals surface area contributed by atoms with Gasteiger partial charge in [0.25, 0.3) is 5.56 Å². The van der Waals surface area contributed by atoms with E-state index in [9.17, 15) is 9.59 Å².